The van der Waals surface area contributed by atoms with Crippen molar-refractivity contribution in [2.24, 2.45) is 0 Å². The molecule has 0 aromatic heterocycles. The first kappa shape index (κ1) is 20.9. The van der Waals surface area contributed by atoms with Gasteiger partial charge in [0, 0.05) is 16.0 Å². The lowest BCUT2D eigenvalue weighted by Crippen LogP contribution is -2.25. The van der Waals surface area contributed by atoms with E-state index in [4.69, 9.17) is 0 Å². The third-order valence-corrected chi connectivity index (χ3v) is 7.81. The van der Waals surface area contributed by atoms with Crippen molar-refractivity contribution in [3.63, 3.8) is 0 Å². The van der Waals surface area contributed by atoms with Gasteiger partial charge in [0.15, 0.2) is 0 Å². The first-order chi connectivity index (χ1) is 12.1. The minimum atomic E-state index is -0.261. The monoisotopic (exact) mass is 374 g/mol. The lowest BCUT2D eigenvalue weighted by molar-refractivity contribution is 0.442. The molecule has 142 valence electrons. The Morgan fingerprint density at radius 3 is 2.12 bits per heavy atom. The van der Waals surface area contributed by atoms with Crippen LogP contribution in [0.25, 0.3) is 0 Å². The highest BCUT2D eigenvalue weighted by atomic mass is 31.1. The molecule has 1 N–H and O–H groups in total. The molecule has 0 aliphatic rings. The maximum atomic E-state index is 14.6. The Morgan fingerprint density at radius 1 is 1.00 bits per heavy atom. The van der Waals surface area contributed by atoms with Crippen LogP contribution in [0.1, 0.15) is 69.7 Å². The maximum Gasteiger partial charge on any atom is 0.130 e. The molecule has 0 bridgehead atoms. The Balaban J connectivity index is 2.68. The summed E-state index contributed by atoms with van der Waals surface area (Å²) in [5, 5.41) is 11.4. The third kappa shape index (κ3) is 3.96. The molecule has 1 unspecified atom stereocenters. The van der Waals surface area contributed by atoms with E-state index in [0.29, 0.717) is 5.75 Å². The zero-order valence-electron chi connectivity index (χ0n) is 17.1. The molecule has 0 saturated heterocycles. The molecule has 26 heavy (non-hydrogen) atoms. The number of aromatic hydroxyl groups is 1. The van der Waals surface area contributed by atoms with Crippen LogP contribution in [0.2, 0.25) is 0 Å². The standard InChI is InChI=1S/C23H32FOP/c1-8-23(9-2,26-21-15(3)11-10-12-19(21)24)18-14-17(22(5,6)7)13-16(4)20(18)25/h10-14,25-26H,8-9H2,1-7H3. The van der Waals surface area contributed by atoms with Crippen LogP contribution in [0.15, 0.2) is 30.3 Å². The summed E-state index contributed by atoms with van der Waals surface area (Å²) < 4.78 is 14.6. The predicted molar refractivity (Wildman–Crippen MR) is 113 cm³/mol. The zero-order valence-corrected chi connectivity index (χ0v) is 18.1. The van der Waals surface area contributed by atoms with Gasteiger partial charge in [-0.3, -0.25) is 0 Å². The van der Waals surface area contributed by atoms with Gasteiger partial charge in [0.1, 0.15) is 11.6 Å². The average molecular weight is 374 g/mol. The van der Waals surface area contributed by atoms with Gasteiger partial charge in [-0.25, -0.2) is 4.39 Å². The van der Waals surface area contributed by atoms with Crippen molar-refractivity contribution in [3.05, 3.63) is 58.4 Å². The van der Waals surface area contributed by atoms with Crippen molar-refractivity contribution in [2.45, 2.75) is 71.9 Å². The van der Waals surface area contributed by atoms with Crippen molar-refractivity contribution in [3.8, 4) is 5.75 Å². The Hall–Kier alpha value is -1.40. The highest BCUT2D eigenvalue weighted by Gasteiger charge is 2.34. The molecule has 2 rings (SSSR count). The number of halogens is 1. The first-order valence-corrected chi connectivity index (χ1v) is 10.4. The second kappa shape index (κ2) is 7.69. The van der Waals surface area contributed by atoms with Crippen molar-refractivity contribution < 1.29 is 9.50 Å². The molecule has 0 aliphatic heterocycles. The summed E-state index contributed by atoms with van der Waals surface area (Å²) in [5.41, 5.74) is 4.06. The molecular formula is C23H32FOP. The van der Waals surface area contributed by atoms with E-state index in [0.717, 1.165) is 34.8 Å². The summed E-state index contributed by atoms with van der Waals surface area (Å²) in [6.45, 7) is 14.8. The van der Waals surface area contributed by atoms with Gasteiger partial charge in [-0.15, -0.1) is 0 Å². The van der Waals surface area contributed by atoms with Gasteiger partial charge in [-0.2, -0.15) is 0 Å². The summed E-state index contributed by atoms with van der Waals surface area (Å²) in [6.07, 6.45) is 1.71. The van der Waals surface area contributed by atoms with Crippen LogP contribution < -0.4 is 5.30 Å². The highest BCUT2D eigenvalue weighted by Crippen LogP contribution is 2.51. The van der Waals surface area contributed by atoms with Crippen molar-refractivity contribution in [1.82, 2.24) is 0 Å². The lowest BCUT2D eigenvalue weighted by Gasteiger charge is -2.35. The average Bonchev–Trinajstić information content (AvgIpc) is 2.57. The number of rotatable bonds is 5. The molecule has 0 fully saturated rings. The van der Waals surface area contributed by atoms with E-state index in [2.05, 4.69) is 46.8 Å². The molecule has 2 aromatic carbocycles. The number of aryl methyl sites for hydroxylation is 2. The van der Waals surface area contributed by atoms with Crippen molar-refractivity contribution in [1.29, 1.82) is 0 Å². The molecule has 2 aromatic rings. The number of hydrogen-bond acceptors (Lipinski definition) is 1. The van der Waals surface area contributed by atoms with Gasteiger partial charge in [-0.1, -0.05) is 67.5 Å². The van der Waals surface area contributed by atoms with Gasteiger partial charge in [0.05, 0.1) is 0 Å². The Bertz CT molecular complexity index is 765. The fourth-order valence-electron chi connectivity index (χ4n) is 3.48. The second-order valence-corrected chi connectivity index (χ2v) is 9.99. The predicted octanol–water partition coefficient (Wildman–Crippen LogP) is 6.46. The van der Waals surface area contributed by atoms with E-state index in [1.807, 2.05) is 19.9 Å². The minimum absolute atomic E-state index is 0.00252. The Labute approximate surface area is 159 Å². The normalized spacial score (nSPS) is 12.9. The zero-order chi connectivity index (χ0) is 19.7. The topological polar surface area (TPSA) is 20.2 Å². The van der Waals surface area contributed by atoms with Crippen LogP contribution in [0.5, 0.6) is 5.75 Å². The van der Waals surface area contributed by atoms with Crippen LogP contribution in [0.4, 0.5) is 4.39 Å². The Kier molecular flexibility index (Phi) is 6.18. The van der Waals surface area contributed by atoms with E-state index in [-0.39, 0.29) is 25.0 Å². The van der Waals surface area contributed by atoms with E-state index in [1.165, 1.54) is 5.56 Å². The van der Waals surface area contributed by atoms with E-state index in [1.54, 1.807) is 12.1 Å². The van der Waals surface area contributed by atoms with Gasteiger partial charge in [-0.05, 0) is 54.9 Å². The van der Waals surface area contributed by atoms with Gasteiger partial charge in [0.25, 0.3) is 0 Å². The summed E-state index contributed by atoms with van der Waals surface area (Å²) in [5.74, 6) is 0.223. The van der Waals surface area contributed by atoms with Gasteiger partial charge >= 0.3 is 0 Å². The summed E-state index contributed by atoms with van der Waals surface area (Å²) >= 11 is 0. The number of benzene rings is 2. The van der Waals surface area contributed by atoms with Crippen LogP contribution >= 0.6 is 8.58 Å². The molecule has 3 heteroatoms. The minimum Gasteiger partial charge on any atom is -0.507 e. The maximum absolute atomic E-state index is 14.6. The van der Waals surface area contributed by atoms with E-state index >= 15 is 0 Å². The molecule has 0 amide bonds. The van der Waals surface area contributed by atoms with Gasteiger partial charge < -0.3 is 5.11 Å². The van der Waals surface area contributed by atoms with Gasteiger partial charge in [0.2, 0.25) is 0 Å². The van der Waals surface area contributed by atoms with Crippen LogP contribution in [0.3, 0.4) is 0 Å². The number of phenols is 1. The molecule has 0 heterocycles. The molecule has 1 nitrogen and oxygen atoms in total. The molecule has 0 aliphatic carbocycles. The van der Waals surface area contributed by atoms with Crippen molar-refractivity contribution >= 4 is 13.9 Å². The smallest absolute Gasteiger partial charge is 0.130 e. The summed E-state index contributed by atoms with van der Waals surface area (Å²) in [7, 11) is 0.279. The Morgan fingerprint density at radius 2 is 1.62 bits per heavy atom. The van der Waals surface area contributed by atoms with Crippen molar-refractivity contribution in [2.75, 3.05) is 0 Å². The van der Waals surface area contributed by atoms with Crippen LogP contribution in [-0.2, 0) is 10.6 Å². The third-order valence-electron chi connectivity index (χ3n) is 5.48. The summed E-state index contributed by atoms with van der Waals surface area (Å²) in [4.78, 5) is 0. The van der Waals surface area contributed by atoms with Crippen LogP contribution in [0, 0.1) is 19.7 Å². The SMILES string of the molecule is CCC(CC)(Pc1c(C)cccc1F)c1cc(C(C)(C)C)cc(C)c1O. The fraction of sp³-hybridized carbons (Fsp3) is 0.478. The largest absolute Gasteiger partial charge is 0.507 e. The molecule has 0 spiro atoms. The number of hydrogen-bond donors (Lipinski definition) is 1. The van der Waals surface area contributed by atoms with E-state index in [9.17, 15) is 9.50 Å². The highest BCUT2D eigenvalue weighted by molar-refractivity contribution is 7.48. The lowest BCUT2D eigenvalue weighted by atomic mass is 9.81. The number of phenolic OH excluding ortho intramolecular Hbond substituents is 1. The quantitative estimate of drug-likeness (QED) is 0.595. The van der Waals surface area contributed by atoms with Crippen LogP contribution in [-0.4, -0.2) is 5.11 Å². The van der Waals surface area contributed by atoms with E-state index < -0.39 is 0 Å². The fourth-order valence-corrected chi connectivity index (χ4v) is 5.12. The second-order valence-electron chi connectivity index (χ2n) is 8.29. The molecule has 0 saturated carbocycles. The molecule has 0 radical (unpaired) electrons. The molecular weight excluding hydrogens is 342 g/mol. The first-order valence-electron chi connectivity index (χ1n) is 9.43. The summed E-state index contributed by atoms with van der Waals surface area (Å²) in [6, 6.07) is 9.51. The molecule has 1 atom stereocenters.